The zero-order chi connectivity index (χ0) is 18.1. The molecule has 0 aromatic heterocycles. The smallest absolute Gasteiger partial charge is 0.00204 e. The van der Waals surface area contributed by atoms with Crippen molar-refractivity contribution in [2.75, 3.05) is 0 Å². The molecule has 2 aromatic carbocycles. The fourth-order valence-corrected chi connectivity index (χ4v) is 2.26. The van der Waals surface area contributed by atoms with Crippen LogP contribution in [0.25, 0.3) is 0 Å². The normalized spacial score (nSPS) is 8.52. The Balaban J connectivity index is 0. The summed E-state index contributed by atoms with van der Waals surface area (Å²) in [5.41, 5.74) is 5.80. The zero-order valence-electron chi connectivity index (χ0n) is 16.7. The van der Waals surface area contributed by atoms with E-state index in [4.69, 9.17) is 0 Å². The van der Waals surface area contributed by atoms with Crippen molar-refractivity contribution in [2.45, 2.75) is 74.7 Å². The predicted molar refractivity (Wildman–Crippen MR) is 108 cm³/mol. The Morgan fingerprint density at radius 2 is 1.04 bits per heavy atom. The highest BCUT2D eigenvalue weighted by molar-refractivity contribution is 5.36. The molecule has 2 rings (SSSR count). The van der Waals surface area contributed by atoms with Gasteiger partial charge in [-0.3, -0.25) is 0 Å². The zero-order valence-corrected chi connectivity index (χ0v) is 16.7. The molecule has 23 heavy (non-hydrogen) atoms. The van der Waals surface area contributed by atoms with E-state index in [0.29, 0.717) is 0 Å². The molecule has 0 saturated heterocycles. The average molecular weight is 315 g/mol. The molecule has 0 bridgehead atoms. The molecule has 0 nitrogen and oxygen atoms in total. The van der Waals surface area contributed by atoms with Gasteiger partial charge in [-0.2, -0.15) is 0 Å². The van der Waals surface area contributed by atoms with Crippen molar-refractivity contribution in [2.24, 2.45) is 0 Å². The second-order valence-corrected chi connectivity index (χ2v) is 4.62. The Morgan fingerprint density at radius 1 is 0.609 bits per heavy atom. The number of benzene rings is 2. The van der Waals surface area contributed by atoms with Crippen LogP contribution in [0.5, 0.6) is 0 Å². The van der Waals surface area contributed by atoms with Gasteiger partial charge in [0.25, 0.3) is 0 Å². The predicted octanol–water partition coefficient (Wildman–Crippen LogP) is 7.62. The van der Waals surface area contributed by atoms with Gasteiger partial charge in [0.05, 0.1) is 0 Å². The second-order valence-electron chi connectivity index (χ2n) is 4.62. The Morgan fingerprint density at radius 3 is 1.52 bits per heavy atom. The van der Waals surface area contributed by atoms with Gasteiger partial charge in [-0.05, 0) is 42.0 Å². The van der Waals surface area contributed by atoms with Crippen LogP contribution in [0.2, 0.25) is 0 Å². The third-order valence-electron chi connectivity index (χ3n) is 3.28. The van der Waals surface area contributed by atoms with Crippen molar-refractivity contribution >= 4 is 0 Å². The molecule has 0 spiro atoms. The summed E-state index contributed by atoms with van der Waals surface area (Å²) in [5.74, 6) is 0. The third kappa shape index (κ3) is 9.23. The lowest BCUT2D eigenvalue weighted by Gasteiger charge is -2.10. The molecule has 0 heterocycles. The van der Waals surface area contributed by atoms with E-state index in [0.717, 1.165) is 6.42 Å². The molecule has 0 radical (unpaired) electrons. The van der Waals surface area contributed by atoms with Crippen LogP contribution < -0.4 is 0 Å². The van der Waals surface area contributed by atoms with E-state index < -0.39 is 0 Å². The summed E-state index contributed by atoms with van der Waals surface area (Å²) in [5, 5.41) is 0. The van der Waals surface area contributed by atoms with Crippen molar-refractivity contribution < 1.29 is 0 Å². The van der Waals surface area contributed by atoms with Crippen LogP contribution >= 0.6 is 0 Å². The molecule has 130 valence electrons. The first-order valence-corrected chi connectivity index (χ1v) is 9.42. The minimum absolute atomic E-state index is 1.06. The molecule has 0 saturated carbocycles. The Bertz CT molecular complexity index is 483. The second kappa shape index (κ2) is 16.8. The number of hydrogen-bond acceptors (Lipinski definition) is 0. The van der Waals surface area contributed by atoms with Crippen LogP contribution in [0.15, 0.2) is 48.5 Å². The lowest BCUT2D eigenvalue weighted by atomic mass is 9.95. The van der Waals surface area contributed by atoms with E-state index >= 15 is 0 Å². The van der Waals surface area contributed by atoms with E-state index in [1.807, 2.05) is 41.5 Å². The van der Waals surface area contributed by atoms with Gasteiger partial charge >= 0.3 is 0 Å². The highest BCUT2D eigenvalue weighted by Crippen LogP contribution is 2.18. The highest BCUT2D eigenvalue weighted by atomic mass is 14.1. The molecule has 0 aliphatic rings. The molecule has 0 aliphatic carbocycles. The maximum atomic E-state index is 2.26. The Kier molecular flexibility index (Phi) is 17.3. The molecule has 0 N–H and O–H groups in total. The first kappa shape index (κ1) is 23.7. The monoisotopic (exact) mass is 314 g/mol. The van der Waals surface area contributed by atoms with Crippen molar-refractivity contribution in [1.82, 2.24) is 0 Å². The van der Waals surface area contributed by atoms with Gasteiger partial charge in [0.15, 0.2) is 0 Å². The van der Waals surface area contributed by atoms with Gasteiger partial charge in [0.2, 0.25) is 0 Å². The summed E-state index contributed by atoms with van der Waals surface area (Å²) < 4.78 is 0. The summed E-state index contributed by atoms with van der Waals surface area (Å²) in [4.78, 5) is 0. The lowest BCUT2D eigenvalue weighted by Crippen LogP contribution is -1.96. The Labute approximate surface area is 146 Å². The van der Waals surface area contributed by atoms with Crippen molar-refractivity contribution in [1.29, 1.82) is 0 Å². The van der Waals surface area contributed by atoms with Crippen LogP contribution in [0.3, 0.4) is 0 Å². The topological polar surface area (TPSA) is 0 Å². The molecule has 0 aliphatic heterocycles. The van der Waals surface area contributed by atoms with E-state index in [-0.39, 0.29) is 0 Å². The highest BCUT2D eigenvalue weighted by Gasteiger charge is 2.03. The number of hydrogen-bond donors (Lipinski definition) is 0. The standard InChI is InChI=1S/C17H20.3C2H6/c1-3-8-15-10-6-7-12-17(15)13-16-11-5-4-9-14(16)2;3*1-2/h4-7,9-12H,3,8,13H2,1-2H3;3*1-2H3. The summed E-state index contributed by atoms with van der Waals surface area (Å²) in [6.45, 7) is 16.4. The molecule has 0 heteroatoms. The first-order chi connectivity index (χ1) is 11.3. The van der Waals surface area contributed by atoms with E-state index in [1.54, 1.807) is 0 Å². The molecule has 0 unspecified atom stereocenters. The molecule has 0 fully saturated rings. The number of rotatable bonds is 4. The first-order valence-electron chi connectivity index (χ1n) is 9.42. The van der Waals surface area contributed by atoms with Crippen molar-refractivity contribution in [3.63, 3.8) is 0 Å². The SMILES string of the molecule is CC.CC.CC.CCCc1ccccc1Cc1ccccc1C. The molecule has 2 aromatic rings. The van der Waals surface area contributed by atoms with Crippen LogP contribution in [0.4, 0.5) is 0 Å². The molecular formula is C23H38. The van der Waals surface area contributed by atoms with Gasteiger partial charge in [-0.1, -0.05) is 103 Å². The minimum atomic E-state index is 1.06. The summed E-state index contributed by atoms with van der Waals surface area (Å²) in [6, 6.07) is 17.5. The molecule has 0 amide bonds. The minimum Gasteiger partial charge on any atom is -0.0683 e. The van der Waals surface area contributed by atoms with Gasteiger partial charge in [-0.25, -0.2) is 0 Å². The summed E-state index contributed by atoms with van der Waals surface area (Å²) in [7, 11) is 0. The maximum Gasteiger partial charge on any atom is -0.00204 e. The van der Waals surface area contributed by atoms with E-state index in [2.05, 4.69) is 62.4 Å². The van der Waals surface area contributed by atoms with E-state index in [9.17, 15) is 0 Å². The average Bonchev–Trinajstić information content (AvgIpc) is 2.64. The molecule has 0 atom stereocenters. The van der Waals surface area contributed by atoms with Crippen LogP contribution in [-0.4, -0.2) is 0 Å². The lowest BCUT2D eigenvalue weighted by molar-refractivity contribution is 0.903. The fraction of sp³-hybridized carbons (Fsp3) is 0.478. The van der Waals surface area contributed by atoms with Crippen molar-refractivity contribution in [3.8, 4) is 0 Å². The van der Waals surface area contributed by atoms with Gasteiger partial charge in [-0.15, -0.1) is 0 Å². The van der Waals surface area contributed by atoms with Crippen molar-refractivity contribution in [3.05, 3.63) is 70.8 Å². The fourth-order valence-electron chi connectivity index (χ4n) is 2.26. The van der Waals surface area contributed by atoms with Crippen LogP contribution in [0, 0.1) is 6.92 Å². The van der Waals surface area contributed by atoms with Crippen LogP contribution in [0.1, 0.15) is 77.1 Å². The number of aryl methyl sites for hydroxylation is 2. The third-order valence-corrected chi connectivity index (χ3v) is 3.28. The van der Waals surface area contributed by atoms with Gasteiger partial charge in [0, 0.05) is 0 Å². The summed E-state index contributed by atoms with van der Waals surface area (Å²) in [6.07, 6.45) is 3.45. The summed E-state index contributed by atoms with van der Waals surface area (Å²) >= 11 is 0. The van der Waals surface area contributed by atoms with Gasteiger partial charge < -0.3 is 0 Å². The van der Waals surface area contributed by atoms with Gasteiger partial charge in [0.1, 0.15) is 0 Å². The van der Waals surface area contributed by atoms with E-state index in [1.165, 1.54) is 35.1 Å². The van der Waals surface area contributed by atoms with Crippen LogP contribution in [-0.2, 0) is 12.8 Å². The quantitative estimate of drug-likeness (QED) is 0.544. The molecular weight excluding hydrogens is 276 g/mol. The Hall–Kier alpha value is -1.56. The largest absolute Gasteiger partial charge is 0.0683 e. The maximum absolute atomic E-state index is 2.26.